The first-order valence-electron chi connectivity index (χ1n) is 8.38. The molecule has 4 rings (SSSR count). The van der Waals surface area contributed by atoms with Crippen LogP contribution in [0.3, 0.4) is 0 Å². The van der Waals surface area contributed by atoms with Crippen LogP contribution in [0.5, 0.6) is 0 Å². The second-order valence-electron chi connectivity index (χ2n) is 6.18. The average Bonchev–Trinajstić information content (AvgIpc) is 2.97. The summed E-state index contributed by atoms with van der Waals surface area (Å²) in [6.45, 7) is 1.70. The van der Waals surface area contributed by atoms with Crippen molar-refractivity contribution in [2.45, 2.75) is 6.92 Å². The molecule has 3 aromatic carbocycles. The van der Waals surface area contributed by atoms with Crippen molar-refractivity contribution in [2.24, 2.45) is 11.0 Å². The first kappa shape index (κ1) is 16.0. The SMILES string of the molecule is CC1=NN(c2ccccc2)C(=O)C1C(=O)Nc1cccc2ccccc12. The molecule has 1 N–H and O–H groups in total. The van der Waals surface area contributed by atoms with E-state index in [0.29, 0.717) is 17.1 Å². The molecule has 5 nitrogen and oxygen atoms in total. The van der Waals surface area contributed by atoms with E-state index in [1.165, 1.54) is 5.01 Å². The summed E-state index contributed by atoms with van der Waals surface area (Å²) in [5, 5.41) is 10.4. The summed E-state index contributed by atoms with van der Waals surface area (Å²) in [5.41, 5.74) is 1.82. The molecular weight excluding hydrogens is 326 g/mol. The maximum atomic E-state index is 12.8. The average molecular weight is 343 g/mol. The summed E-state index contributed by atoms with van der Waals surface area (Å²) in [6, 6.07) is 22.6. The number of amides is 2. The van der Waals surface area contributed by atoms with Crippen molar-refractivity contribution in [3.8, 4) is 0 Å². The molecule has 1 atom stereocenters. The number of nitrogens with zero attached hydrogens (tertiary/aromatic N) is 2. The van der Waals surface area contributed by atoms with Crippen LogP contribution in [0, 0.1) is 5.92 Å². The van der Waals surface area contributed by atoms with Gasteiger partial charge in [-0.1, -0.05) is 54.6 Å². The highest BCUT2D eigenvalue weighted by Crippen LogP contribution is 2.27. The minimum absolute atomic E-state index is 0.341. The van der Waals surface area contributed by atoms with E-state index in [4.69, 9.17) is 0 Å². The van der Waals surface area contributed by atoms with Gasteiger partial charge in [0.15, 0.2) is 5.92 Å². The number of hydrogen-bond acceptors (Lipinski definition) is 3. The van der Waals surface area contributed by atoms with Crippen molar-refractivity contribution in [1.82, 2.24) is 0 Å². The molecule has 0 radical (unpaired) electrons. The van der Waals surface area contributed by atoms with Gasteiger partial charge in [0, 0.05) is 11.1 Å². The Morgan fingerprint density at radius 2 is 1.65 bits per heavy atom. The van der Waals surface area contributed by atoms with Gasteiger partial charge in [0.1, 0.15) is 0 Å². The molecule has 1 unspecified atom stereocenters. The Labute approximate surface area is 150 Å². The monoisotopic (exact) mass is 343 g/mol. The molecule has 1 aliphatic rings. The lowest BCUT2D eigenvalue weighted by molar-refractivity contribution is -0.127. The van der Waals surface area contributed by atoms with E-state index in [9.17, 15) is 9.59 Å². The number of benzene rings is 3. The fourth-order valence-corrected chi connectivity index (χ4v) is 3.16. The highest BCUT2D eigenvalue weighted by atomic mass is 16.2. The minimum Gasteiger partial charge on any atom is -0.324 e. The van der Waals surface area contributed by atoms with Crippen LogP contribution in [0.4, 0.5) is 11.4 Å². The third-order valence-electron chi connectivity index (χ3n) is 4.44. The molecule has 1 heterocycles. The molecule has 2 amide bonds. The number of para-hydroxylation sites is 1. The lowest BCUT2D eigenvalue weighted by Gasteiger charge is -2.15. The molecule has 0 aliphatic carbocycles. The van der Waals surface area contributed by atoms with Crippen molar-refractivity contribution in [3.05, 3.63) is 72.8 Å². The second-order valence-corrected chi connectivity index (χ2v) is 6.18. The highest BCUT2D eigenvalue weighted by Gasteiger charge is 2.39. The van der Waals surface area contributed by atoms with Crippen molar-refractivity contribution >= 4 is 39.7 Å². The van der Waals surface area contributed by atoms with E-state index < -0.39 is 5.92 Å². The molecule has 0 saturated carbocycles. The fraction of sp³-hybridized carbons (Fsp3) is 0.0952. The van der Waals surface area contributed by atoms with Gasteiger partial charge in [-0.3, -0.25) is 9.59 Å². The normalized spacial score (nSPS) is 16.7. The number of carbonyl (C=O) groups excluding carboxylic acids is 2. The summed E-state index contributed by atoms with van der Waals surface area (Å²) in [7, 11) is 0. The van der Waals surface area contributed by atoms with Gasteiger partial charge >= 0.3 is 0 Å². The standard InChI is InChI=1S/C21H17N3O2/c1-14-19(21(26)24(23-14)16-10-3-2-4-11-16)20(25)22-18-13-7-9-15-8-5-6-12-17(15)18/h2-13,19H,1H3,(H,22,25). The van der Waals surface area contributed by atoms with Crippen LogP contribution in [0.25, 0.3) is 10.8 Å². The summed E-state index contributed by atoms with van der Waals surface area (Å²) in [6.07, 6.45) is 0. The summed E-state index contributed by atoms with van der Waals surface area (Å²) < 4.78 is 0. The van der Waals surface area contributed by atoms with Crippen LogP contribution in [-0.2, 0) is 9.59 Å². The molecule has 0 bridgehead atoms. The Morgan fingerprint density at radius 1 is 0.962 bits per heavy atom. The van der Waals surface area contributed by atoms with Gasteiger partial charge in [-0.2, -0.15) is 10.1 Å². The van der Waals surface area contributed by atoms with Crippen LogP contribution in [0.15, 0.2) is 77.9 Å². The van der Waals surface area contributed by atoms with Crippen molar-refractivity contribution in [3.63, 3.8) is 0 Å². The molecule has 1 aliphatic heterocycles. The van der Waals surface area contributed by atoms with E-state index in [0.717, 1.165) is 10.8 Å². The van der Waals surface area contributed by atoms with E-state index >= 15 is 0 Å². The zero-order valence-corrected chi connectivity index (χ0v) is 14.2. The molecule has 5 heteroatoms. The molecule has 0 spiro atoms. The van der Waals surface area contributed by atoms with Crippen molar-refractivity contribution < 1.29 is 9.59 Å². The molecule has 3 aromatic rings. The maximum absolute atomic E-state index is 12.8. The first-order valence-corrected chi connectivity index (χ1v) is 8.38. The van der Waals surface area contributed by atoms with E-state index in [2.05, 4.69) is 10.4 Å². The highest BCUT2D eigenvalue weighted by molar-refractivity contribution is 6.29. The largest absolute Gasteiger partial charge is 0.324 e. The Balaban J connectivity index is 1.61. The zero-order chi connectivity index (χ0) is 18.1. The Kier molecular flexibility index (Phi) is 3.97. The van der Waals surface area contributed by atoms with Crippen LogP contribution < -0.4 is 10.3 Å². The molecule has 128 valence electrons. The summed E-state index contributed by atoms with van der Waals surface area (Å²) >= 11 is 0. The smallest absolute Gasteiger partial charge is 0.265 e. The van der Waals surface area contributed by atoms with Gasteiger partial charge in [-0.05, 0) is 30.5 Å². The van der Waals surface area contributed by atoms with E-state index in [-0.39, 0.29) is 11.8 Å². The quantitative estimate of drug-likeness (QED) is 0.735. The van der Waals surface area contributed by atoms with Gasteiger partial charge in [0.2, 0.25) is 5.91 Å². The lowest BCUT2D eigenvalue weighted by atomic mass is 10.0. The van der Waals surface area contributed by atoms with Gasteiger partial charge in [0.25, 0.3) is 5.91 Å². The molecule has 0 saturated heterocycles. The van der Waals surface area contributed by atoms with Crippen molar-refractivity contribution in [1.29, 1.82) is 0 Å². The Bertz CT molecular complexity index is 1020. The van der Waals surface area contributed by atoms with Crippen LogP contribution in [0.2, 0.25) is 0 Å². The molecule has 26 heavy (non-hydrogen) atoms. The number of fused-ring (bicyclic) bond motifs is 1. The van der Waals surface area contributed by atoms with Crippen LogP contribution >= 0.6 is 0 Å². The first-order chi connectivity index (χ1) is 12.6. The molecule has 0 aromatic heterocycles. The van der Waals surface area contributed by atoms with E-state index in [1.807, 2.05) is 60.7 Å². The number of hydrazone groups is 1. The van der Waals surface area contributed by atoms with E-state index in [1.54, 1.807) is 19.1 Å². The topological polar surface area (TPSA) is 61.8 Å². The third-order valence-corrected chi connectivity index (χ3v) is 4.44. The zero-order valence-electron chi connectivity index (χ0n) is 14.2. The van der Waals surface area contributed by atoms with Crippen LogP contribution in [0.1, 0.15) is 6.92 Å². The second kappa shape index (κ2) is 6.44. The number of rotatable bonds is 3. The summed E-state index contributed by atoms with van der Waals surface area (Å²) in [5.74, 6) is -1.63. The van der Waals surface area contributed by atoms with Gasteiger partial charge < -0.3 is 5.32 Å². The van der Waals surface area contributed by atoms with Crippen LogP contribution in [-0.4, -0.2) is 17.5 Å². The number of anilines is 2. The summed E-state index contributed by atoms with van der Waals surface area (Å²) in [4.78, 5) is 25.6. The van der Waals surface area contributed by atoms with Gasteiger partial charge in [-0.15, -0.1) is 0 Å². The predicted molar refractivity (Wildman–Crippen MR) is 103 cm³/mol. The number of hydrogen-bond donors (Lipinski definition) is 1. The molecule has 0 fully saturated rings. The Hall–Kier alpha value is -3.47. The number of nitrogens with one attached hydrogen (secondary N) is 1. The van der Waals surface area contributed by atoms with Crippen molar-refractivity contribution in [2.75, 3.05) is 10.3 Å². The Morgan fingerprint density at radius 3 is 2.46 bits per heavy atom. The molecular formula is C21H17N3O2. The third kappa shape index (κ3) is 2.73. The van der Waals surface area contributed by atoms with Gasteiger partial charge in [0.05, 0.1) is 11.4 Å². The van der Waals surface area contributed by atoms with Gasteiger partial charge in [-0.25, -0.2) is 0 Å². The maximum Gasteiger partial charge on any atom is 0.265 e. The lowest BCUT2D eigenvalue weighted by Crippen LogP contribution is -2.36. The number of carbonyl (C=O) groups is 2. The fourth-order valence-electron chi connectivity index (χ4n) is 3.16. The minimum atomic E-state index is -0.922. The predicted octanol–water partition coefficient (Wildman–Crippen LogP) is 3.82.